The molecule has 146 valence electrons. The Labute approximate surface area is 164 Å². The lowest BCUT2D eigenvalue weighted by atomic mass is 10.2. The summed E-state index contributed by atoms with van der Waals surface area (Å²) in [6, 6.07) is 6.83. The molecule has 0 fully saturated rings. The molecule has 1 aromatic carbocycles. The molecule has 8 heteroatoms. The number of aromatic nitrogens is 3. The fourth-order valence-electron chi connectivity index (χ4n) is 2.66. The van der Waals surface area contributed by atoms with Gasteiger partial charge in [-0.05, 0) is 42.9 Å². The van der Waals surface area contributed by atoms with Crippen molar-refractivity contribution in [3.05, 3.63) is 35.7 Å². The molecule has 0 bridgehead atoms. The predicted molar refractivity (Wildman–Crippen MR) is 108 cm³/mol. The van der Waals surface area contributed by atoms with E-state index in [1.165, 1.54) is 6.92 Å². The van der Waals surface area contributed by atoms with Gasteiger partial charge in [0.2, 0.25) is 5.91 Å². The van der Waals surface area contributed by atoms with Crippen LogP contribution < -0.4 is 10.6 Å². The van der Waals surface area contributed by atoms with E-state index in [-0.39, 0.29) is 11.8 Å². The van der Waals surface area contributed by atoms with E-state index < -0.39 is 0 Å². The summed E-state index contributed by atoms with van der Waals surface area (Å²) in [5, 5.41) is 15.1. The number of hydrogen-bond donors (Lipinski definition) is 2. The van der Waals surface area contributed by atoms with Crippen LogP contribution in [0.2, 0.25) is 0 Å². The number of rotatable bonds is 9. The molecule has 0 radical (unpaired) electrons. The Bertz CT molecular complexity index is 771. The summed E-state index contributed by atoms with van der Waals surface area (Å²) in [4.78, 5) is 23.2. The molecule has 1 aromatic heterocycles. The molecule has 0 saturated heterocycles. The molecule has 2 aromatic rings. The third-order valence-electron chi connectivity index (χ3n) is 3.85. The van der Waals surface area contributed by atoms with Crippen molar-refractivity contribution in [2.24, 2.45) is 5.92 Å². The first-order chi connectivity index (χ1) is 12.9. The fourth-order valence-corrected chi connectivity index (χ4v) is 3.18. The molecule has 27 heavy (non-hydrogen) atoms. The molecule has 0 spiro atoms. The second-order valence-corrected chi connectivity index (χ2v) is 7.50. The Balaban J connectivity index is 1.83. The summed E-state index contributed by atoms with van der Waals surface area (Å²) in [5.41, 5.74) is 1.24. The highest BCUT2D eigenvalue weighted by Crippen LogP contribution is 2.16. The zero-order valence-electron chi connectivity index (χ0n) is 16.3. The molecule has 7 nitrogen and oxygen atoms in total. The minimum Gasteiger partial charge on any atom is -0.352 e. The fraction of sp³-hybridized carbons (Fsp3) is 0.474. The van der Waals surface area contributed by atoms with Gasteiger partial charge in [-0.2, -0.15) is 0 Å². The van der Waals surface area contributed by atoms with Crippen molar-refractivity contribution >= 4 is 29.3 Å². The van der Waals surface area contributed by atoms with Crippen molar-refractivity contribution in [3.8, 4) is 0 Å². The lowest BCUT2D eigenvalue weighted by Crippen LogP contribution is -2.25. The number of benzene rings is 1. The van der Waals surface area contributed by atoms with E-state index in [0.29, 0.717) is 23.7 Å². The van der Waals surface area contributed by atoms with Gasteiger partial charge in [0.05, 0.1) is 0 Å². The summed E-state index contributed by atoms with van der Waals surface area (Å²) in [5.74, 6) is 1.22. The van der Waals surface area contributed by atoms with Gasteiger partial charge in [0.25, 0.3) is 5.91 Å². The van der Waals surface area contributed by atoms with E-state index in [1.54, 1.807) is 36.0 Å². The SMILES string of the molecule is CSc1nnc(CCCNC(=O)c2ccc(NC(C)=O)cc2)n1CC(C)C. The van der Waals surface area contributed by atoms with Crippen LogP contribution in [0.1, 0.15) is 43.4 Å². The van der Waals surface area contributed by atoms with E-state index >= 15 is 0 Å². The molecule has 0 aliphatic heterocycles. The Morgan fingerprint density at radius 3 is 2.48 bits per heavy atom. The summed E-state index contributed by atoms with van der Waals surface area (Å²) in [6.45, 7) is 7.25. The van der Waals surface area contributed by atoms with Crippen molar-refractivity contribution in [3.63, 3.8) is 0 Å². The molecular weight excluding hydrogens is 362 g/mol. The van der Waals surface area contributed by atoms with Crippen LogP contribution in [0.4, 0.5) is 5.69 Å². The van der Waals surface area contributed by atoms with Gasteiger partial charge in [-0.25, -0.2) is 0 Å². The number of amides is 2. The lowest BCUT2D eigenvalue weighted by Gasteiger charge is -2.12. The molecule has 0 atom stereocenters. The average Bonchev–Trinajstić information content (AvgIpc) is 2.99. The van der Waals surface area contributed by atoms with Crippen molar-refractivity contribution in [1.82, 2.24) is 20.1 Å². The third-order valence-corrected chi connectivity index (χ3v) is 4.52. The maximum Gasteiger partial charge on any atom is 0.251 e. The molecule has 1 heterocycles. The van der Waals surface area contributed by atoms with Crippen LogP contribution in [0, 0.1) is 5.92 Å². The summed E-state index contributed by atoms with van der Waals surface area (Å²) in [7, 11) is 0. The molecule has 2 rings (SSSR count). The molecule has 0 unspecified atom stereocenters. The highest BCUT2D eigenvalue weighted by atomic mass is 32.2. The number of anilines is 1. The van der Waals surface area contributed by atoms with Crippen LogP contribution in [0.3, 0.4) is 0 Å². The topological polar surface area (TPSA) is 88.9 Å². The van der Waals surface area contributed by atoms with Gasteiger partial charge >= 0.3 is 0 Å². The molecular formula is C19H27N5O2S. The first-order valence-corrected chi connectivity index (χ1v) is 10.2. The number of carbonyl (C=O) groups is 2. The van der Waals surface area contributed by atoms with Gasteiger partial charge in [0.1, 0.15) is 5.82 Å². The van der Waals surface area contributed by atoms with E-state index in [0.717, 1.165) is 30.4 Å². The van der Waals surface area contributed by atoms with Gasteiger partial charge in [-0.1, -0.05) is 25.6 Å². The zero-order valence-corrected chi connectivity index (χ0v) is 17.1. The summed E-state index contributed by atoms with van der Waals surface area (Å²) in [6.07, 6.45) is 3.56. The minimum atomic E-state index is -0.137. The minimum absolute atomic E-state index is 0.127. The first kappa shape index (κ1) is 21.0. The normalized spacial score (nSPS) is 10.9. The van der Waals surface area contributed by atoms with Gasteiger partial charge in [-0.15, -0.1) is 10.2 Å². The second-order valence-electron chi connectivity index (χ2n) is 6.73. The molecule has 0 saturated carbocycles. The third kappa shape index (κ3) is 6.39. The van der Waals surface area contributed by atoms with Crippen LogP contribution in [0.5, 0.6) is 0 Å². The Morgan fingerprint density at radius 2 is 1.89 bits per heavy atom. The Kier molecular flexibility index (Phi) is 7.84. The predicted octanol–water partition coefficient (Wildman–Crippen LogP) is 2.98. The molecule has 2 N–H and O–H groups in total. The van der Waals surface area contributed by atoms with Crippen molar-refractivity contribution in [2.45, 2.75) is 45.3 Å². The largest absolute Gasteiger partial charge is 0.352 e. The summed E-state index contributed by atoms with van der Waals surface area (Å²) >= 11 is 1.60. The number of nitrogens with zero attached hydrogens (tertiary/aromatic N) is 3. The first-order valence-electron chi connectivity index (χ1n) is 9.02. The van der Waals surface area contributed by atoms with E-state index in [1.807, 2.05) is 6.26 Å². The van der Waals surface area contributed by atoms with E-state index in [9.17, 15) is 9.59 Å². The van der Waals surface area contributed by atoms with Gasteiger partial charge < -0.3 is 15.2 Å². The Hall–Kier alpha value is -2.35. The van der Waals surface area contributed by atoms with Crippen molar-refractivity contribution in [2.75, 3.05) is 18.1 Å². The second kappa shape index (κ2) is 10.1. The monoisotopic (exact) mass is 389 g/mol. The van der Waals surface area contributed by atoms with E-state index in [4.69, 9.17) is 0 Å². The van der Waals surface area contributed by atoms with Crippen molar-refractivity contribution < 1.29 is 9.59 Å². The van der Waals surface area contributed by atoms with E-state index in [2.05, 4.69) is 39.2 Å². The Morgan fingerprint density at radius 1 is 1.19 bits per heavy atom. The molecule has 2 amide bonds. The number of hydrogen-bond acceptors (Lipinski definition) is 5. The molecule has 0 aliphatic carbocycles. The summed E-state index contributed by atoms with van der Waals surface area (Å²) < 4.78 is 2.16. The van der Waals surface area contributed by atoms with Gasteiger partial charge in [-0.3, -0.25) is 9.59 Å². The van der Waals surface area contributed by atoms with Crippen LogP contribution in [-0.2, 0) is 17.8 Å². The average molecular weight is 390 g/mol. The van der Waals surface area contributed by atoms with Crippen LogP contribution in [0.25, 0.3) is 0 Å². The highest BCUT2D eigenvalue weighted by Gasteiger charge is 2.12. The molecule has 0 aliphatic rings. The van der Waals surface area contributed by atoms with Crippen LogP contribution in [0.15, 0.2) is 29.4 Å². The van der Waals surface area contributed by atoms with Gasteiger partial charge in [0, 0.05) is 37.7 Å². The van der Waals surface area contributed by atoms with Crippen molar-refractivity contribution in [1.29, 1.82) is 0 Å². The zero-order chi connectivity index (χ0) is 19.8. The maximum atomic E-state index is 12.2. The highest BCUT2D eigenvalue weighted by molar-refractivity contribution is 7.98. The lowest BCUT2D eigenvalue weighted by molar-refractivity contribution is -0.114. The maximum absolute atomic E-state index is 12.2. The van der Waals surface area contributed by atoms with Crippen LogP contribution >= 0.6 is 11.8 Å². The number of aryl methyl sites for hydroxylation is 1. The van der Waals surface area contributed by atoms with Gasteiger partial charge in [0.15, 0.2) is 5.16 Å². The standard InChI is InChI=1S/C19H27N5O2S/c1-13(2)12-24-17(22-23-19(24)27-4)6-5-11-20-18(26)15-7-9-16(10-8-15)21-14(3)25/h7-10,13H,5-6,11-12H2,1-4H3,(H,20,26)(H,21,25). The smallest absolute Gasteiger partial charge is 0.251 e. The number of carbonyl (C=O) groups excluding carboxylic acids is 2. The number of nitrogens with one attached hydrogen (secondary N) is 2. The quantitative estimate of drug-likeness (QED) is 0.508. The van der Waals surface area contributed by atoms with Crippen LogP contribution in [-0.4, -0.2) is 39.4 Å². The number of thioether (sulfide) groups is 1.